The molecule has 1 aromatic heterocycles. The second-order valence-electron chi connectivity index (χ2n) is 4.66. The summed E-state index contributed by atoms with van der Waals surface area (Å²) in [4.78, 5) is 3.15. The molecule has 2 N–H and O–H groups in total. The van der Waals surface area contributed by atoms with Crippen molar-refractivity contribution in [3.63, 3.8) is 0 Å². The summed E-state index contributed by atoms with van der Waals surface area (Å²) in [6, 6.07) is 11.7. The smallest absolute Gasteiger partial charge is 0.124 e. The van der Waals surface area contributed by atoms with Gasteiger partial charge in [-0.1, -0.05) is 17.7 Å². The van der Waals surface area contributed by atoms with Gasteiger partial charge in [-0.2, -0.15) is 5.26 Å². The Bertz CT molecular complexity index is 848. The van der Waals surface area contributed by atoms with E-state index in [1.54, 1.807) is 6.07 Å². The number of nitrogens with one attached hydrogen (secondary N) is 2. The molecular formula is C16H11ClFN3. The van der Waals surface area contributed by atoms with Crippen molar-refractivity contribution in [2.24, 2.45) is 0 Å². The minimum Gasteiger partial charge on any atom is -0.380 e. The zero-order valence-corrected chi connectivity index (χ0v) is 11.7. The molecule has 0 bridgehead atoms. The number of nitrogens with zero attached hydrogens (tertiary/aromatic N) is 1. The number of rotatable bonds is 3. The lowest BCUT2D eigenvalue weighted by Gasteiger charge is -2.07. The van der Waals surface area contributed by atoms with Gasteiger partial charge in [0.05, 0.1) is 11.3 Å². The fourth-order valence-electron chi connectivity index (χ4n) is 2.26. The van der Waals surface area contributed by atoms with Crippen molar-refractivity contribution in [2.45, 2.75) is 6.54 Å². The zero-order chi connectivity index (χ0) is 14.8. The average molecular weight is 300 g/mol. The molecule has 104 valence electrons. The molecule has 3 rings (SSSR count). The maximum absolute atomic E-state index is 13.1. The average Bonchev–Trinajstić information content (AvgIpc) is 2.88. The number of hydrogen-bond acceptors (Lipinski definition) is 2. The van der Waals surface area contributed by atoms with E-state index in [4.69, 9.17) is 16.9 Å². The Hall–Kier alpha value is -2.51. The van der Waals surface area contributed by atoms with Crippen molar-refractivity contribution >= 4 is 28.2 Å². The Kier molecular flexibility index (Phi) is 3.51. The van der Waals surface area contributed by atoms with Gasteiger partial charge in [0.2, 0.25) is 0 Å². The Morgan fingerprint density at radius 2 is 2.10 bits per heavy atom. The van der Waals surface area contributed by atoms with Crippen LogP contribution in [0.5, 0.6) is 0 Å². The van der Waals surface area contributed by atoms with E-state index in [1.165, 1.54) is 12.1 Å². The minimum absolute atomic E-state index is 0.290. The molecule has 0 aliphatic heterocycles. The molecule has 0 spiro atoms. The van der Waals surface area contributed by atoms with Gasteiger partial charge >= 0.3 is 0 Å². The summed E-state index contributed by atoms with van der Waals surface area (Å²) < 4.78 is 13.1. The summed E-state index contributed by atoms with van der Waals surface area (Å²) in [6.45, 7) is 0.530. The number of aromatic nitrogens is 1. The molecular weight excluding hydrogens is 289 g/mol. The molecule has 2 aromatic carbocycles. The van der Waals surface area contributed by atoms with Crippen LogP contribution in [0, 0.1) is 17.1 Å². The number of hydrogen-bond donors (Lipinski definition) is 2. The third kappa shape index (κ3) is 2.69. The van der Waals surface area contributed by atoms with E-state index in [-0.39, 0.29) is 5.56 Å². The van der Waals surface area contributed by atoms with E-state index in [2.05, 4.69) is 10.3 Å². The number of fused-ring (bicyclic) bond motifs is 1. The van der Waals surface area contributed by atoms with Gasteiger partial charge in [0.1, 0.15) is 11.9 Å². The molecule has 5 heteroatoms. The first kappa shape index (κ1) is 13.5. The summed E-state index contributed by atoms with van der Waals surface area (Å²) in [7, 11) is 0. The Labute approximate surface area is 126 Å². The van der Waals surface area contributed by atoms with Gasteiger partial charge in [-0.15, -0.1) is 0 Å². The van der Waals surface area contributed by atoms with Gasteiger partial charge in [-0.3, -0.25) is 0 Å². The SMILES string of the molecule is N#Cc1cc(F)ccc1NCc1c[nH]c2cc(Cl)ccc12. The summed E-state index contributed by atoms with van der Waals surface area (Å²) in [5.41, 5.74) is 2.91. The van der Waals surface area contributed by atoms with Crippen LogP contribution in [0.3, 0.4) is 0 Å². The van der Waals surface area contributed by atoms with Crippen LogP contribution in [0.2, 0.25) is 5.02 Å². The van der Waals surface area contributed by atoms with Crippen LogP contribution in [-0.4, -0.2) is 4.98 Å². The lowest BCUT2D eigenvalue weighted by Crippen LogP contribution is -2.01. The molecule has 3 aromatic rings. The van der Waals surface area contributed by atoms with Crippen LogP contribution in [0.25, 0.3) is 10.9 Å². The highest BCUT2D eigenvalue weighted by molar-refractivity contribution is 6.31. The predicted molar refractivity (Wildman–Crippen MR) is 81.8 cm³/mol. The van der Waals surface area contributed by atoms with Crippen molar-refractivity contribution in [1.82, 2.24) is 4.98 Å². The van der Waals surface area contributed by atoms with E-state index < -0.39 is 5.82 Å². The highest BCUT2D eigenvalue weighted by atomic mass is 35.5. The van der Waals surface area contributed by atoms with E-state index in [1.807, 2.05) is 30.5 Å². The highest BCUT2D eigenvalue weighted by Gasteiger charge is 2.07. The Morgan fingerprint density at radius 3 is 2.90 bits per heavy atom. The standard InChI is InChI=1S/C16H11ClFN3/c17-12-1-3-14-11(9-21-16(14)6-12)8-20-15-4-2-13(18)5-10(15)7-19/h1-6,9,20-21H,8H2. The highest BCUT2D eigenvalue weighted by Crippen LogP contribution is 2.23. The first-order valence-corrected chi connectivity index (χ1v) is 6.74. The lowest BCUT2D eigenvalue weighted by atomic mass is 10.1. The minimum atomic E-state index is -0.418. The molecule has 0 unspecified atom stereocenters. The maximum atomic E-state index is 13.1. The molecule has 3 nitrogen and oxygen atoms in total. The number of anilines is 1. The maximum Gasteiger partial charge on any atom is 0.124 e. The summed E-state index contributed by atoms with van der Waals surface area (Å²) in [5.74, 6) is -0.418. The molecule has 0 saturated heterocycles. The fourth-order valence-corrected chi connectivity index (χ4v) is 2.43. The second-order valence-corrected chi connectivity index (χ2v) is 5.10. The van der Waals surface area contributed by atoms with Gasteiger partial charge in [0, 0.05) is 28.7 Å². The Morgan fingerprint density at radius 1 is 1.24 bits per heavy atom. The second kappa shape index (κ2) is 5.47. The van der Waals surface area contributed by atoms with Crippen LogP contribution in [0.1, 0.15) is 11.1 Å². The van der Waals surface area contributed by atoms with Crippen molar-refractivity contribution in [2.75, 3.05) is 5.32 Å². The number of benzene rings is 2. The largest absolute Gasteiger partial charge is 0.380 e. The van der Waals surface area contributed by atoms with Crippen molar-refractivity contribution in [1.29, 1.82) is 5.26 Å². The summed E-state index contributed by atoms with van der Waals surface area (Å²) in [5, 5.41) is 13.9. The predicted octanol–water partition coefficient (Wildman–Crippen LogP) is 4.44. The molecule has 0 aliphatic carbocycles. The topological polar surface area (TPSA) is 51.6 Å². The molecule has 0 saturated carbocycles. The molecule has 21 heavy (non-hydrogen) atoms. The molecule has 0 radical (unpaired) electrons. The van der Waals surface area contributed by atoms with E-state index >= 15 is 0 Å². The van der Waals surface area contributed by atoms with E-state index in [9.17, 15) is 4.39 Å². The van der Waals surface area contributed by atoms with Gasteiger partial charge in [-0.25, -0.2) is 4.39 Å². The van der Waals surface area contributed by atoms with Crippen LogP contribution in [-0.2, 0) is 6.54 Å². The third-order valence-corrected chi connectivity index (χ3v) is 3.54. The number of aromatic amines is 1. The van der Waals surface area contributed by atoms with Gasteiger partial charge < -0.3 is 10.3 Å². The monoisotopic (exact) mass is 299 g/mol. The van der Waals surface area contributed by atoms with Gasteiger partial charge in [0.25, 0.3) is 0 Å². The van der Waals surface area contributed by atoms with Crippen molar-refractivity contribution in [3.8, 4) is 6.07 Å². The first-order chi connectivity index (χ1) is 10.2. The van der Waals surface area contributed by atoms with E-state index in [0.717, 1.165) is 16.5 Å². The first-order valence-electron chi connectivity index (χ1n) is 6.36. The van der Waals surface area contributed by atoms with Crippen molar-refractivity contribution < 1.29 is 4.39 Å². The molecule has 0 aliphatic rings. The summed E-state index contributed by atoms with van der Waals surface area (Å²) in [6.07, 6.45) is 1.89. The van der Waals surface area contributed by atoms with Crippen molar-refractivity contribution in [3.05, 3.63) is 64.6 Å². The lowest BCUT2D eigenvalue weighted by molar-refractivity contribution is 0.627. The van der Waals surface area contributed by atoms with Crippen LogP contribution >= 0.6 is 11.6 Å². The Balaban J connectivity index is 1.86. The van der Waals surface area contributed by atoms with Gasteiger partial charge in [0.15, 0.2) is 0 Å². The normalized spacial score (nSPS) is 10.5. The number of nitriles is 1. The zero-order valence-electron chi connectivity index (χ0n) is 11.0. The third-order valence-electron chi connectivity index (χ3n) is 3.30. The van der Waals surface area contributed by atoms with Crippen LogP contribution in [0.15, 0.2) is 42.6 Å². The molecule has 0 atom stereocenters. The number of H-pyrrole nitrogens is 1. The van der Waals surface area contributed by atoms with E-state index in [0.29, 0.717) is 17.3 Å². The molecule has 0 fully saturated rings. The number of halogens is 2. The quantitative estimate of drug-likeness (QED) is 0.751. The van der Waals surface area contributed by atoms with Gasteiger partial charge in [-0.05, 0) is 35.9 Å². The summed E-state index contributed by atoms with van der Waals surface area (Å²) >= 11 is 5.95. The fraction of sp³-hybridized carbons (Fsp3) is 0.0625. The van der Waals surface area contributed by atoms with Crippen LogP contribution in [0.4, 0.5) is 10.1 Å². The molecule has 1 heterocycles. The molecule has 0 amide bonds. The van der Waals surface area contributed by atoms with Crippen LogP contribution < -0.4 is 5.32 Å².